The largest absolute Gasteiger partial charge is 0.480 e. The molecule has 2 amide bonds. The summed E-state index contributed by atoms with van der Waals surface area (Å²) in [4.78, 5) is 35.0. The van der Waals surface area contributed by atoms with Gasteiger partial charge in [-0.05, 0) is 24.6 Å². The second-order valence-corrected chi connectivity index (χ2v) is 8.16. The smallest absolute Gasteiger partial charge is 0.326 e. The summed E-state index contributed by atoms with van der Waals surface area (Å²) in [7, 11) is -3.93. The molecule has 3 N–H and O–H groups in total. The van der Waals surface area contributed by atoms with Gasteiger partial charge in [0.1, 0.15) is 6.04 Å². The highest BCUT2D eigenvalue weighted by molar-refractivity contribution is 7.89. The number of benzene rings is 1. The van der Waals surface area contributed by atoms with Gasteiger partial charge < -0.3 is 15.7 Å². The van der Waals surface area contributed by atoms with Crippen molar-refractivity contribution in [2.45, 2.75) is 37.1 Å². The van der Waals surface area contributed by atoms with Crippen LogP contribution in [-0.2, 0) is 19.6 Å². The van der Waals surface area contributed by atoms with E-state index < -0.39 is 27.9 Å². The lowest BCUT2D eigenvalue weighted by Gasteiger charge is -2.26. The molecule has 10 heteroatoms. The lowest BCUT2D eigenvalue weighted by molar-refractivity contribution is -0.139. The van der Waals surface area contributed by atoms with Crippen molar-refractivity contribution in [2.75, 3.05) is 19.6 Å². The number of rotatable bonds is 8. The van der Waals surface area contributed by atoms with Crippen LogP contribution in [0.1, 0.15) is 36.5 Å². The summed E-state index contributed by atoms with van der Waals surface area (Å²) in [6.07, 6.45) is 1.72. The van der Waals surface area contributed by atoms with Gasteiger partial charge in [0.15, 0.2) is 0 Å². The van der Waals surface area contributed by atoms with E-state index in [-0.39, 0.29) is 36.0 Å². The molecule has 2 rings (SSSR count). The van der Waals surface area contributed by atoms with Crippen molar-refractivity contribution < 1.29 is 27.9 Å². The first kappa shape index (κ1) is 20.8. The molecule has 27 heavy (non-hydrogen) atoms. The maximum absolute atomic E-state index is 12.7. The van der Waals surface area contributed by atoms with Gasteiger partial charge in [-0.1, -0.05) is 25.8 Å². The molecule has 1 fully saturated rings. The highest BCUT2D eigenvalue weighted by atomic mass is 32.2. The molecule has 1 aromatic rings. The van der Waals surface area contributed by atoms with Crippen molar-refractivity contribution in [2.24, 2.45) is 0 Å². The van der Waals surface area contributed by atoms with Gasteiger partial charge in [0.05, 0.1) is 11.4 Å². The highest BCUT2D eigenvalue weighted by Gasteiger charge is 2.30. The number of nitrogens with zero attached hydrogens (tertiary/aromatic N) is 1. The number of aliphatic carboxylic acids is 1. The van der Waals surface area contributed by atoms with Crippen molar-refractivity contribution in [3.63, 3.8) is 0 Å². The number of carbonyl (C=O) groups is 3. The van der Waals surface area contributed by atoms with Crippen LogP contribution in [0.5, 0.6) is 0 Å². The zero-order valence-corrected chi connectivity index (χ0v) is 15.8. The van der Waals surface area contributed by atoms with E-state index in [0.717, 1.165) is 10.7 Å². The van der Waals surface area contributed by atoms with Gasteiger partial charge in [0.2, 0.25) is 15.9 Å². The van der Waals surface area contributed by atoms with E-state index in [1.165, 1.54) is 24.3 Å². The summed E-state index contributed by atoms with van der Waals surface area (Å²) in [6.45, 7) is 1.99. The predicted molar refractivity (Wildman–Crippen MR) is 96.6 cm³/mol. The molecule has 1 aliphatic heterocycles. The van der Waals surface area contributed by atoms with Gasteiger partial charge in [0, 0.05) is 18.7 Å². The summed E-state index contributed by atoms with van der Waals surface area (Å²) < 4.78 is 26.4. The molecule has 1 aliphatic rings. The van der Waals surface area contributed by atoms with E-state index in [2.05, 4.69) is 10.6 Å². The van der Waals surface area contributed by atoms with Crippen LogP contribution >= 0.6 is 0 Å². The van der Waals surface area contributed by atoms with Gasteiger partial charge in [-0.3, -0.25) is 9.59 Å². The molecule has 1 atom stereocenters. The third kappa shape index (κ3) is 5.27. The first-order valence-corrected chi connectivity index (χ1v) is 10.1. The molecule has 0 aromatic heterocycles. The number of piperazine rings is 1. The minimum Gasteiger partial charge on any atom is -0.480 e. The lowest BCUT2D eigenvalue weighted by atomic mass is 10.1. The normalized spacial score (nSPS) is 16.4. The van der Waals surface area contributed by atoms with E-state index >= 15 is 0 Å². The molecule has 1 saturated heterocycles. The van der Waals surface area contributed by atoms with E-state index in [4.69, 9.17) is 0 Å². The maximum Gasteiger partial charge on any atom is 0.326 e. The monoisotopic (exact) mass is 397 g/mol. The quantitative estimate of drug-likeness (QED) is 0.573. The zero-order chi connectivity index (χ0) is 20.0. The molecule has 1 heterocycles. The van der Waals surface area contributed by atoms with Crippen LogP contribution in [0.25, 0.3) is 0 Å². The molecule has 0 unspecified atom stereocenters. The zero-order valence-electron chi connectivity index (χ0n) is 15.0. The Morgan fingerprint density at radius 3 is 2.74 bits per heavy atom. The van der Waals surface area contributed by atoms with E-state index in [1.807, 2.05) is 6.92 Å². The van der Waals surface area contributed by atoms with Crippen LogP contribution in [0.2, 0.25) is 0 Å². The Hall–Kier alpha value is -2.46. The second-order valence-electron chi connectivity index (χ2n) is 6.22. The molecule has 0 radical (unpaired) electrons. The van der Waals surface area contributed by atoms with Crippen molar-refractivity contribution in [3.05, 3.63) is 29.8 Å². The fraction of sp³-hybridized carbons (Fsp3) is 0.471. The number of nitrogens with one attached hydrogen (secondary N) is 2. The molecule has 0 bridgehead atoms. The molecular weight excluding hydrogens is 374 g/mol. The topological polar surface area (TPSA) is 133 Å². The minimum atomic E-state index is -3.93. The SMILES string of the molecule is CCCC[C@H](NC(=O)c1cccc(S(=O)(=O)N2CCNC(=O)C2)c1)C(=O)O. The van der Waals surface area contributed by atoms with Gasteiger partial charge >= 0.3 is 5.97 Å². The maximum atomic E-state index is 12.7. The summed E-state index contributed by atoms with van der Waals surface area (Å²) in [5, 5.41) is 14.2. The highest BCUT2D eigenvalue weighted by Crippen LogP contribution is 2.18. The first-order valence-electron chi connectivity index (χ1n) is 8.66. The third-order valence-electron chi connectivity index (χ3n) is 4.19. The molecule has 0 saturated carbocycles. The van der Waals surface area contributed by atoms with Crippen LogP contribution in [0.4, 0.5) is 0 Å². The van der Waals surface area contributed by atoms with E-state index in [0.29, 0.717) is 12.8 Å². The van der Waals surface area contributed by atoms with E-state index in [1.54, 1.807) is 0 Å². The number of carbonyl (C=O) groups excluding carboxylic acids is 2. The number of unbranched alkanes of at least 4 members (excludes halogenated alkanes) is 1. The number of sulfonamides is 1. The minimum absolute atomic E-state index is 0.0419. The van der Waals surface area contributed by atoms with Gasteiger partial charge in [0.25, 0.3) is 5.91 Å². The molecular formula is C17H23N3O6S. The van der Waals surface area contributed by atoms with Crippen LogP contribution < -0.4 is 10.6 Å². The second kappa shape index (κ2) is 8.96. The van der Waals surface area contributed by atoms with Gasteiger partial charge in [-0.2, -0.15) is 4.31 Å². The lowest BCUT2D eigenvalue weighted by Crippen LogP contribution is -2.49. The summed E-state index contributed by atoms with van der Waals surface area (Å²) in [6, 6.07) is 4.31. The number of hydrogen-bond acceptors (Lipinski definition) is 5. The Morgan fingerprint density at radius 2 is 2.11 bits per heavy atom. The van der Waals surface area contributed by atoms with Crippen LogP contribution in [-0.4, -0.2) is 61.3 Å². The number of hydrogen-bond donors (Lipinski definition) is 3. The Morgan fingerprint density at radius 1 is 1.37 bits per heavy atom. The van der Waals surface area contributed by atoms with Crippen molar-refractivity contribution in [1.29, 1.82) is 0 Å². The summed E-state index contributed by atoms with van der Waals surface area (Å²) in [5.74, 6) is -2.19. The average Bonchev–Trinajstić information content (AvgIpc) is 2.64. The summed E-state index contributed by atoms with van der Waals surface area (Å²) >= 11 is 0. The molecule has 0 spiro atoms. The van der Waals surface area contributed by atoms with Crippen LogP contribution in [0.15, 0.2) is 29.2 Å². The first-order chi connectivity index (χ1) is 12.8. The van der Waals surface area contributed by atoms with Gasteiger partial charge in [-0.25, -0.2) is 13.2 Å². The van der Waals surface area contributed by atoms with Crippen molar-refractivity contribution >= 4 is 27.8 Å². The number of carboxylic acid groups (broad SMARTS) is 1. The number of amides is 2. The fourth-order valence-corrected chi connectivity index (χ4v) is 4.12. The Labute approximate surface area is 157 Å². The van der Waals surface area contributed by atoms with Crippen molar-refractivity contribution in [3.8, 4) is 0 Å². The Bertz CT molecular complexity index is 824. The predicted octanol–water partition coefficient (Wildman–Crippen LogP) is 0.180. The van der Waals surface area contributed by atoms with E-state index in [9.17, 15) is 27.9 Å². The average molecular weight is 397 g/mol. The third-order valence-corrected chi connectivity index (χ3v) is 6.03. The van der Waals surface area contributed by atoms with Gasteiger partial charge in [-0.15, -0.1) is 0 Å². The summed E-state index contributed by atoms with van der Waals surface area (Å²) in [5.41, 5.74) is 0.0419. The molecule has 9 nitrogen and oxygen atoms in total. The molecule has 0 aliphatic carbocycles. The Balaban J connectivity index is 2.19. The standard InChI is InChI=1S/C17H23N3O6S/c1-2-3-7-14(17(23)24)19-16(22)12-5-4-6-13(10-12)27(25,26)20-9-8-18-15(21)11-20/h4-6,10,14H,2-3,7-9,11H2,1H3,(H,18,21)(H,19,22)(H,23,24)/t14-/m0/s1. The van der Waals surface area contributed by atoms with Crippen LogP contribution in [0.3, 0.4) is 0 Å². The fourth-order valence-electron chi connectivity index (χ4n) is 2.67. The van der Waals surface area contributed by atoms with Crippen molar-refractivity contribution in [1.82, 2.24) is 14.9 Å². The molecule has 148 valence electrons. The van der Waals surface area contributed by atoms with Crippen LogP contribution in [0, 0.1) is 0 Å². The Kier molecular flexibility index (Phi) is 6.92. The number of carboxylic acids is 1. The molecule has 1 aromatic carbocycles.